The highest BCUT2D eigenvalue weighted by molar-refractivity contribution is 7.89. The summed E-state index contributed by atoms with van der Waals surface area (Å²) in [6.07, 6.45) is 1.38. The van der Waals surface area contributed by atoms with Crippen LogP contribution >= 0.6 is 11.3 Å². The third-order valence-corrected chi connectivity index (χ3v) is 7.75. The maximum absolute atomic E-state index is 14.0. The SMILES string of the molecule is O=S(=O)(c1ccccc1F)N1CCCC(c2nnc(-c3ccccc3F)s2)C1. The summed E-state index contributed by atoms with van der Waals surface area (Å²) >= 11 is 1.26. The first-order chi connectivity index (χ1) is 13.5. The first kappa shape index (κ1) is 19.1. The monoisotopic (exact) mass is 421 g/mol. The molecule has 9 heteroatoms. The van der Waals surface area contributed by atoms with Gasteiger partial charge in [0.1, 0.15) is 21.5 Å². The van der Waals surface area contributed by atoms with Gasteiger partial charge in [-0.15, -0.1) is 10.2 Å². The van der Waals surface area contributed by atoms with Crippen LogP contribution < -0.4 is 0 Å². The van der Waals surface area contributed by atoms with Crippen LogP contribution in [-0.4, -0.2) is 36.0 Å². The number of rotatable bonds is 4. The molecule has 1 fully saturated rings. The van der Waals surface area contributed by atoms with Crippen molar-refractivity contribution in [3.8, 4) is 10.6 Å². The minimum Gasteiger partial charge on any atom is -0.207 e. The summed E-state index contributed by atoms with van der Waals surface area (Å²) in [4.78, 5) is -0.319. The van der Waals surface area contributed by atoms with E-state index >= 15 is 0 Å². The number of aromatic nitrogens is 2. The zero-order valence-electron chi connectivity index (χ0n) is 14.8. The molecule has 1 unspecified atom stereocenters. The summed E-state index contributed by atoms with van der Waals surface area (Å²) in [6.45, 7) is 0.523. The topological polar surface area (TPSA) is 63.2 Å². The first-order valence-electron chi connectivity index (χ1n) is 8.80. The summed E-state index contributed by atoms with van der Waals surface area (Å²) < 4.78 is 55.0. The molecule has 0 spiro atoms. The van der Waals surface area contributed by atoms with Crippen LogP contribution in [0, 0.1) is 11.6 Å². The van der Waals surface area contributed by atoms with Crippen LogP contribution in [0.1, 0.15) is 23.8 Å². The number of nitrogens with zero attached hydrogens (tertiary/aromatic N) is 3. The van der Waals surface area contributed by atoms with Crippen molar-refractivity contribution in [1.82, 2.24) is 14.5 Å². The largest absolute Gasteiger partial charge is 0.246 e. The zero-order chi connectivity index (χ0) is 19.7. The molecule has 146 valence electrons. The molecule has 0 radical (unpaired) electrons. The van der Waals surface area contributed by atoms with Gasteiger partial charge in [-0.2, -0.15) is 4.31 Å². The van der Waals surface area contributed by atoms with E-state index in [1.54, 1.807) is 18.2 Å². The Labute approximate surface area is 165 Å². The Morgan fingerprint density at radius 1 is 1.00 bits per heavy atom. The molecule has 1 aromatic heterocycles. The van der Waals surface area contributed by atoms with E-state index < -0.39 is 15.8 Å². The van der Waals surface area contributed by atoms with Crippen molar-refractivity contribution in [2.75, 3.05) is 13.1 Å². The molecule has 0 saturated carbocycles. The average molecular weight is 421 g/mol. The van der Waals surface area contributed by atoms with Gasteiger partial charge < -0.3 is 0 Å². The van der Waals surface area contributed by atoms with Crippen LogP contribution in [0.5, 0.6) is 0 Å². The molecule has 0 N–H and O–H groups in total. The second-order valence-corrected chi connectivity index (χ2v) is 9.47. The van der Waals surface area contributed by atoms with E-state index in [4.69, 9.17) is 0 Å². The number of benzene rings is 2. The van der Waals surface area contributed by atoms with E-state index in [9.17, 15) is 17.2 Å². The Bertz CT molecular complexity index is 1100. The fourth-order valence-electron chi connectivity index (χ4n) is 3.30. The lowest BCUT2D eigenvalue weighted by atomic mass is 10.0. The summed E-state index contributed by atoms with van der Waals surface area (Å²) in [6, 6.07) is 11.7. The Balaban J connectivity index is 1.58. The lowest BCUT2D eigenvalue weighted by molar-refractivity contribution is 0.313. The maximum Gasteiger partial charge on any atom is 0.246 e. The normalized spacial score (nSPS) is 18.3. The summed E-state index contributed by atoms with van der Waals surface area (Å²) in [5.74, 6) is -1.30. The number of piperidine rings is 1. The van der Waals surface area contributed by atoms with Crippen LogP contribution in [0.4, 0.5) is 8.78 Å². The van der Waals surface area contributed by atoms with Gasteiger partial charge in [-0.25, -0.2) is 17.2 Å². The van der Waals surface area contributed by atoms with Gasteiger partial charge in [0.25, 0.3) is 0 Å². The third kappa shape index (κ3) is 3.57. The predicted molar refractivity (Wildman–Crippen MR) is 102 cm³/mol. The minimum atomic E-state index is -3.93. The summed E-state index contributed by atoms with van der Waals surface area (Å²) in [5, 5.41) is 9.37. The van der Waals surface area contributed by atoms with E-state index in [2.05, 4.69) is 10.2 Å². The van der Waals surface area contributed by atoms with Crippen LogP contribution in [0.2, 0.25) is 0 Å². The fourth-order valence-corrected chi connectivity index (χ4v) is 5.88. The molecule has 1 aliphatic rings. The van der Waals surface area contributed by atoms with Crippen molar-refractivity contribution in [2.45, 2.75) is 23.7 Å². The van der Waals surface area contributed by atoms with E-state index in [0.717, 1.165) is 12.5 Å². The molecule has 28 heavy (non-hydrogen) atoms. The van der Waals surface area contributed by atoms with Crippen molar-refractivity contribution in [2.24, 2.45) is 0 Å². The average Bonchev–Trinajstić information content (AvgIpc) is 3.19. The van der Waals surface area contributed by atoms with Crippen molar-refractivity contribution < 1.29 is 17.2 Å². The van der Waals surface area contributed by atoms with E-state index in [1.807, 2.05) is 0 Å². The van der Waals surface area contributed by atoms with Crippen molar-refractivity contribution in [3.63, 3.8) is 0 Å². The molecule has 0 bridgehead atoms. The molecule has 5 nitrogen and oxygen atoms in total. The Morgan fingerprint density at radius 2 is 1.71 bits per heavy atom. The van der Waals surface area contributed by atoms with Crippen molar-refractivity contribution in [1.29, 1.82) is 0 Å². The molecule has 0 aliphatic carbocycles. The molecule has 2 heterocycles. The quantitative estimate of drug-likeness (QED) is 0.638. The van der Waals surface area contributed by atoms with Gasteiger partial charge in [-0.1, -0.05) is 35.6 Å². The molecule has 3 aromatic rings. The van der Waals surface area contributed by atoms with Gasteiger partial charge in [-0.05, 0) is 37.1 Å². The molecule has 4 rings (SSSR count). The molecular weight excluding hydrogens is 404 g/mol. The molecule has 2 aromatic carbocycles. The van der Waals surface area contributed by atoms with Crippen LogP contribution in [0.15, 0.2) is 53.4 Å². The van der Waals surface area contributed by atoms with Gasteiger partial charge in [0.2, 0.25) is 10.0 Å². The van der Waals surface area contributed by atoms with Crippen LogP contribution in [0.25, 0.3) is 10.6 Å². The third-order valence-electron chi connectivity index (χ3n) is 4.73. The summed E-state index contributed by atoms with van der Waals surface area (Å²) in [5.41, 5.74) is 0.373. The number of halogens is 2. The van der Waals surface area contributed by atoms with Gasteiger partial charge >= 0.3 is 0 Å². The lowest BCUT2D eigenvalue weighted by Gasteiger charge is -2.30. The van der Waals surface area contributed by atoms with E-state index in [1.165, 1.54) is 39.9 Å². The van der Waals surface area contributed by atoms with E-state index in [-0.39, 0.29) is 23.2 Å². The Kier molecular flexibility index (Phi) is 5.22. The van der Waals surface area contributed by atoms with Crippen molar-refractivity contribution in [3.05, 3.63) is 65.2 Å². The standard InChI is InChI=1S/C19H17F2N3O2S2/c20-15-8-2-1-7-14(15)19-23-22-18(27-19)13-6-5-11-24(12-13)28(25,26)17-10-4-3-9-16(17)21/h1-4,7-10,13H,5-6,11-12H2. The second-order valence-electron chi connectivity index (χ2n) is 6.56. The highest BCUT2D eigenvalue weighted by Crippen LogP contribution is 2.35. The van der Waals surface area contributed by atoms with Crippen LogP contribution in [0.3, 0.4) is 0 Å². The zero-order valence-corrected chi connectivity index (χ0v) is 16.4. The summed E-state index contributed by atoms with van der Waals surface area (Å²) in [7, 11) is -3.93. The molecule has 1 aliphatic heterocycles. The predicted octanol–water partition coefficient (Wildman–Crippen LogP) is 4.05. The minimum absolute atomic E-state index is 0.159. The van der Waals surface area contributed by atoms with Gasteiger partial charge in [0.05, 0.1) is 0 Å². The van der Waals surface area contributed by atoms with Crippen LogP contribution in [-0.2, 0) is 10.0 Å². The Hall–Kier alpha value is -2.23. The highest BCUT2D eigenvalue weighted by atomic mass is 32.2. The maximum atomic E-state index is 14.0. The molecule has 1 atom stereocenters. The number of sulfonamides is 1. The molecule has 1 saturated heterocycles. The second kappa shape index (κ2) is 7.65. The fraction of sp³-hybridized carbons (Fsp3) is 0.263. The molecule has 0 amide bonds. The van der Waals surface area contributed by atoms with Gasteiger partial charge in [-0.3, -0.25) is 0 Å². The smallest absolute Gasteiger partial charge is 0.207 e. The molecular formula is C19H17F2N3O2S2. The van der Waals surface area contributed by atoms with E-state index in [0.29, 0.717) is 28.5 Å². The van der Waals surface area contributed by atoms with Gasteiger partial charge in [0, 0.05) is 24.6 Å². The lowest BCUT2D eigenvalue weighted by Crippen LogP contribution is -2.39. The highest BCUT2D eigenvalue weighted by Gasteiger charge is 2.33. The first-order valence-corrected chi connectivity index (χ1v) is 11.1. The number of hydrogen-bond acceptors (Lipinski definition) is 5. The Morgan fingerprint density at radius 3 is 2.46 bits per heavy atom. The van der Waals surface area contributed by atoms with Gasteiger partial charge in [0.15, 0.2) is 5.01 Å². The van der Waals surface area contributed by atoms with Crippen molar-refractivity contribution >= 4 is 21.4 Å². The number of hydrogen-bond donors (Lipinski definition) is 0.